The normalized spacial score (nSPS) is 31.5. The number of hydrogen-bond donors (Lipinski definition) is 2. The summed E-state index contributed by atoms with van der Waals surface area (Å²) < 4.78 is 0. The molecule has 4 heteroatoms. The number of carboxylic acids is 1. The minimum absolute atomic E-state index is 0.266. The Labute approximate surface area is 138 Å². The topological polar surface area (TPSA) is 52.6 Å². The fourth-order valence-electron chi connectivity index (χ4n) is 4.10. The Morgan fingerprint density at radius 3 is 2.65 bits per heavy atom. The summed E-state index contributed by atoms with van der Waals surface area (Å²) in [5.41, 5.74) is 1.29. The zero-order valence-electron chi connectivity index (χ0n) is 13.9. The van der Waals surface area contributed by atoms with Gasteiger partial charge in [-0.05, 0) is 36.7 Å². The SMILES string of the molecule is CC1CCC1N1CC(CC(=O)O)CC(NCc2ccccc2)C1. The maximum absolute atomic E-state index is 11.1. The van der Waals surface area contributed by atoms with E-state index in [0.717, 1.165) is 32.0 Å². The number of likely N-dealkylation sites (tertiary alicyclic amines) is 1. The molecule has 1 aliphatic heterocycles. The van der Waals surface area contributed by atoms with Gasteiger partial charge >= 0.3 is 5.97 Å². The molecule has 1 aliphatic carbocycles. The molecule has 0 amide bonds. The number of nitrogens with zero attached hydrogens (tertiary/aromatic N) is 1. The fourth-order valence-corrected chi connectivity index (χ4v) is 4.10. The van der Waals surface area contributed by atoms with Crippen LogP contribution in [0.1, 0.15) is 38.2 Å². The number of piperidine rings is 1. The molecule has 1 saturated carbocycles. The van der Waals surface area contributed by atoms with E-state index in [-0.39, 0.29) is 5.92 Å². The number of carbonyl (C=O) groups is 1. The molecule has 126 valence electrons. The van der Waals surface area contributed by atoms with Crippen LogP contribution in [0, 0.1) is 11.8 Å². The molecule has 3 rings (SSSR count). The third-order valence-electron chi connectivity index (χ3n) is 5.51. The summed E-state index contributed by atoms with van der Waals surface area (Å²) in [5.74, 6) is 0.357. The number of rotatable bonds is 6. The second-order valence-corrected chi connectivity index (χ2v) is 7.34. The molecule has 0 bridgehead atoms. The molecule has 4 unspecified atom stereocenters. The molecule has 0 aromatic heterocycles. The maximum Gasteiger partial charge on any atom is 0.303 e. The highest BCUT2D eigenvalue weighted by molar-refractivity contribution is 5.67. The Morgan fingerprint density at radius 1 is 1.26 bits per heavy atom. The molecule has 2 N–H and O–H groups in total. The first-order valence-electron chi connectivity index (χ1n) is 8.85. The van der Waals surface area contributed by atoms with E-state index in [0.29, 0.717) is 18.5 Å². The quantitative estimate of drug-likeness (QED) is 0.847. The van der Waals surface area contributed by atoms with E-state index in [4.69, 9.17) is 5.11 Å². The number of benzene rings is 1. The summed E-state index contributed by atoms with van der Waals surface area (Å²) in [6.07, 6.45) is 3.84. The lowest BCUT2D eigenvalue weighted by Gasteiger charge is -2.48. The van der Waals surface area contributed by atoms with Crippen molar-refractivity contribution < 1.29 is 9.90 Å². The largest absolute Gasteiger partial charge is 0.481 e. The van der Waals surface area contributed by atoms with Crippen LogP contribution in [0.15, 0.2) is 30.3 Å². The van der Waals surface area contributed by atoms with Crippen LogP contribution in [-0.2, 0) is 11.3 Å². The van der Waals surface area contributed by atoms with E-state index in [1.165, 1.54) is 18.4 Å². The predicted molar refractivity (Wildman–Crippen MR) is 91.2 cm³/mol. The van der Waals surface area contributed by atoms with Crippen LogP contribution < -0.4 is 5.32 Å². The molecule has 2 aliphatic rings. The van der Waals surface area contributed by atoms with Crippen molar-refractivity contribution in [3.8, 4) is 0 Å². The molecular weight excluding hydrogens is 288 g/mol. The van der Waals surface area contributed by atoms with Crippen molar-refractivity contribution in [1.82, 2.24) is 10.2 Å². The molecular formula is C19H28N2O2. The van der Waals surface area contributed by atoms with E-state index in [2.05, 4.69) is 41.4 Å². The van der Waals surface area contributed by atoms with Gasteiger partial charge in [0.05, 0.1) is 0 Å². The van der Waals surface area contributed by atoms with Gasteiger partial charge in [-0.15, -0.1) is 0 Å². The van der Waals surface area contributed by atoms with Gasteiger partial charge in [0.15, 0.2) is 0 Å². The number of aliphatic carboxylic acids is 1. The van der Waals surface area contributed by atoms with E-state index in [1.807, 2.05) is 6.07 Å². The third-order valence-corrected chi connectivity index (χ3v) is 5.51. The predicted octanol–water partition coefficient (Wildman–Crippen LogP) is 2.74. The molecule has 23 heavy (non-hydrogen) atoms. The van der Waals surface area contributed by atoms with Gasteiger partial charge in [0, 0.05) is 38.1 Å². The maximum atomic E-state index is 11.1. The van der Waals surface area contributed by atoms with Crippen LogP contribution in [0.5, 0.6) is 0 Å². The summed E-state index contributed by atoms with van der Waals surface area (Å²) in [7, 11) is 0. The van der Waals surface area contributed by atoms with Gasteiger partial charge in [0.25, 0.3) is 0 Å². The minimum Gasteiger partial charge on any atom is -0.481 e. The van der Waals surface area contributed by atoms with Crippen LogP contribution in [0.4, 0.5) is 0 Å². The Morgan fingerprint density at radius 2 is 2.04 bits per heavy atom. The standard InChI is InChI=1S/C19H28N2O2/c1-14-7-8-18(14)21-12-16(10-19(22)23)9-17(13-21)20-11-15-5-3-2-4-6-15/h2-6,14,16-18,20H,7-13H2,1H3,(H,22,23). The Kier molecular flexibility index (Phi) is 5.34. The third kappa shape index (κ3) is 4.33. The van der Waals surface area contributed by atoms with Gasteiger partial charge in [0.1, 0.15) is 0 Å². The van der Waals surface area contributed by atoms with Crippen molar-refractivity contribution in [2.75, 3.05) is 13.1 Å². The number of hydrogen-bond acceptors (Lipinski definition) is 3. The highest BCUT2D eigenvalue weighted by atomic mass is 16.4. The first kappa shape index (κ1) is 16.5. The second-order valence-electron chi connectivity index (χ2n) is 7.34. The summed E-state index contributed by atoms with van der Waals surface area (Å²) in [6, 6.07) is 11.5. The van der Waals surface area contributed by atoms with E-state index in [1.54, 1.807) is 0 Å². The molecule has 0 radical (unpaired) electrons. The van der Waals surface area contributed by atoms with Gasteiger partial charge < -0.3 is 10.4 Å². The van der Waals surface area contributed by atoms with Crippen LogP contribution in [0.3, 0.4) is 0 Å². The second kappa shape index (κ2) is 7.45. The number of nitrogens with one attached hydrogen (secondary N) is 1. The lowest BCUT2D eigenvalue weighted by Crippen LogP contribution is -2.56. The van der Waals surface area contributed by atoms with E-state index < -0.39 is 5.97 Å². The zero-order chi connectivity index (χ0) is 16.2. The average Bonchev–Trinajstić information content (AvgIpc) is 2.52. The van der Waals surface area contributed by atoms with Crippen molar-refractivity contribution in [2.45, 2.75) is 51.2 Å². The van der Waals surface area contributed by atoms with Gasteiger partial charge in [0.2, 0.25) is 0 Å². The fraction of sp³-hybridized carbons (Fsp3) is 0.632. The summed E-state index contributed by atoms with van der Waals surface area (Å²) in [4.78, 5) is 13.7. The number of carboxylic acid groups (broad SMARTS) is 1. The highest BCUT2D eigenvalue weighted by Crippen LogP contribution is 2.34. The van der Waals surface area contributed by atoms with Crippen LogP contribution in [0.2, 0.25) is 0 Å². The average molecular weight is 316 g/mol. The van der Waals surface area contributed by atoms with Crippen molar-refractivity contribution >= 4 is 5.97 Å². The Hall–Kier alpha value is -1.39. The van der Waals surface area contributed by atoms with Gasteiger partial charge in [-0.2, -0.15) is 0 Å². The van der Waals surface area contributed by atoms with E-state index >= 15 is 0 Å². The lowest BCUT2D eigenvalue weighted by atomic mass is 9.78. The molecule has 4 atom stereocenters. The first-order chi connectivity index (χ1) is 11.1. The highest BCUT2D eigenvalue weighted by Gasteiger charge is 2.37. The molecule has 1 heterocycles. The van der Waals surface area contributed by atoms with Crippen LogP contribution in [-0.4, -0.2) is 41.1 Å². The lowest BCUT2D eigenvalue weighted by molar-refractivity contribution is -0.138. The van der Waals surface area contributed by atoms with E-state index in [9.17, 15) is 4.79 Å². The summed E-state index contributed by atoms with van der Waals surface area (Å²) in [5, 5.41) is 12.8. The zero-order valence-corrected chi connectivity index (χ0v) is 13.9. The molecule has 0 spiro atoms. The molecule has 2 fully saturated rings. The van der Waals surface area contributed by atoms with Gasteiger partial charge in [-0.1, -0.05) is 37.3 Å². The summed E-state index contributed by atoms with van der Waals surface area (Å²) >= 11 is 0. The molecule has 1 aromatic rings. The van der Waals surface area contributed by atoms with Crippen molar-refractivity contribution in [3.63, 3.8) is 0 Å². The monoisotopic (exact) mass is 316 g/mol. The molecule has 1 aromatic carbocycles. The molecule has 1 saturated heterocycles. The van der Waals surface area contributed by atoms with Gasteiger partial charge in [-0.25, -0.2) is 0 Å². The minimum atomic E-state index is -0.666. The first-order valence-corrected chi connectivity index (χ1v) is 8.85. The van der Waals surface area contributed by atoms with Crippen molar-refractivity contribution in [3.05, 3.63) is 35.9 Å². The van der Waals surface area contributed by atoms with Crippen LogP contribution in [0.25, 0.3) is 0 Å². The van der Waals surface area contributed by atoms with Gasteiger partial charge in [-0.3, -0.25) is 9.69 Å². The van der Waals surface area contributed by atoms with Crippen molar-refractivity contribution in [2.24, 2.45) is 11.8 Å². The Bertz CT molecular complexity index is 519. The van der Waals surface area contributed by atoms with Crippen LogP contribution >= 0.6 is 0 Å². The smallest absolute Gasteiger partial charge is 0.303 e. The molecule has 4 nitrogen and oxygen atoms in total. The Balaban J connectivity index is 1.59. The summed E-state index contributed by atoms with van der Waals surface area (Å²) in [6.45, 7) is 5.18. The van der Waals surface area contributed by atoms with Crippen molar-refractivity contribution in [1.29, 1.82) is 0 Å².